The van der Waals surface area contributed by atoms with Gasteiger partial charge in [-0.15, -0.1) is 0 Å². The molecule has 110 valence electrons. The first-order valence-electron chi connectivity index (χ1n) is 6.60. The van der Waals surface area contributed by atoms with E-state index in [2.05, 4.69) is 4.98 Å². The maximum Gasteiger partial charge on any atom is 0.339 e. The predicted molar refractivity (Wildman–Crippen MR) is 72.4 cm³/mol. The van der Waals surface area contributed by atoms with E-state index in [1.165, 1.54) is 12.3 Å². The van der Waals surface area contributed by atoms with Crippen LogP contribution in [0.15, 0.2) is 24.4 Å². The van der Waals surface area contributed by atoms with Crippen molar-refractivity contribution in [2.24, 2.45) is 0 Å². The zero-order valence-corrected chi connectivity index (χ0v) is 11.5. The number of esters is 1. The molecule has 1 aliphatic heterocycles. The van der Waals surface area contributed by atoms with Crippen molar-refractivity contribution in [3.8, 4) is 0 Å². The summed E-state index contributed by atoms with van der Waals surface area (Å²) in [5.74, 6) is -0.942. The number of aromatic nitrogens is 1. The van der Waals surface area contributed by atoms with Crippen molar-refractivity contribution in [2.45, 2.75) is 13.2 Å². The number of rotatable bonds is 3. The van der Waals surface area contributed by atoms with E-state index in [1.807, 2.05) is 0 Å². The summed E-state index contributed by atoms with van der Waals surface area (Å²) in [4.78, 5) is 15.9. The Kier molecular flexibility index (Phi) is 3.81. The Morgan fingerprint density at radius 2 is 2.14 bits per heavy atom. The van der Waals surface area contributed by atoms with Crippen molar-refractivity contribution in [3.63, 3.8) is 0 Å². The number of pyridine rings is 1. The van der Waals surface area contributed by atoms with Crippen LogP contribution in [0.3, 0.4) is 0 Å². The molecule has 2 heterocycles. The van der Waals surface area contributed by atoms with Gasteiger partial charge in [0.15, 0.2) is 6.29 Å². The minimum Gasteiger partial charge on any atom is -0.457 e. The third-order valence-electron chi connectivity index (χ3n) is 3.16. The average Bonchev–Trinajstić information content (AvgIpc) is 2.97. The molecule has 1 fully saturated rings. The third-order valence-corrected chi connectivity index (χ3v) is 3.16. The highest BCUT2D eigenvalue weighted by molar-refractivity contribution is 5.93. The number of benzene rings is 1. The standard InChI is InChI=1S/C15H14FNO4/c1-9-4-10-6-11(7-17-14(10)12(16)5-9)15(18)21-8-13-19-2-3-20-13/h4-7,13H,2-3,8H2,1H3. The summed E-state index contributed by atoms with van der Waals surface area (Å²) >= 11 is 0. The fourth-order valence-electron chi connectivity index (χ4n) is 2.19. The van der Waals surface area contributed by atoms with Crippen LogP contribution in [0.1, 0.15) is 15.9 Å². The quantitative estimate of drug-likeness (QED) is 0.812. The second-order valence-corrected chi connectivity index (χ2v) is 4.81. The molecule has 1 aliphatic rings. The van der Waals surface area contributed by atoms with Crippen LogP contribution in [0.5, 0.6) is 0 Å². The maximum atomic E-state index is 13.7. The molecule has 0 amide bonds. The Morgan fingerprint density at radius 3 is 2.90 bits per heavy atom. The monoisotopic (exact) mass is 291 g/mol. The van der Waals surface area contributed by atoms with Gasteiger partial charge >= 0.3 is 5.97 Å². The molecule has 0 N–H and O–H groups in total. The molecule has 21 heavy (non-hydrogen) atoms. The van der Waals surface area contributed by atoms with Crippen LogP contribution >= 0.6 is 0 Å². The molecular formula is C15H14FNO4. The van der Waals surface area contributed by atoms with Crippen molar-refractivity contribution in [1.82, 2.24) is 4.98 Å². The minimum absolute atomic E-state index is 0.0268. The van der Waals surface area contributed by atoms with Crippen molar-refractivity contribution in [2.75, 3.05) is 19.8 Å². The van der Waals surface area contributed by atoms with E-state index < -0.39 is 18.1 Å². The fraction of sp³-hybridized carbons (Fsp3) is 0.333. The topological polar surface area (TPSA) is 57.7 Å². The second kappa shape index (κ2) is 5.75. The van der Waals surface area contributed by atoms with Gasteiger partial charge in [-0.2, -0.15) is 0 Å². The zero-order chi connectivity index (χ0) is 14.8. The van der Waals surface area contributed by atoms with Gasteiger partial charge in [-0.25, -0.2) is 9.18 Å². The van der Waals surface area contributed by atoms with Crippen molar-refractivity contribution in [3.05, 3.63) is 41.3 Å². The molecule has 0 spiro atoms. The lowest BCUT2D eigenvalue weighted by molar-refractivity contribution is -0.0809. The van der Waals surface area contributed by atoms with E-state index in [9.17, 15) is 9.18 Å². The molecule has 0 unspecified atom stereocenters. The van der Waals surface area contributed by atoms with Gasteiger partial charge in [0.1, 0.15) is 17.9 Å². The first-order valence-corrected chi connectivity index (χ1v) is 6.60. The summed E-state index contributed by atoms with van der Waals surface area (Å²) in [6.07, 6.45) is 0.793. The van der Waals surface area contributed by atoms with Gasteiger partial charge < -0.3 is 14.2 Å². The number of hydrogen-bond acceptors (Lipinski definition) is 5. The van der Waals surface area contributed by atoms with E-state index in [-0.39, 0.29) is 17.7 Å². The lowest BCUT2D eigenvalue weighted by Crippen LogP contribution is -2.19. The number of halogens is 1. The smallest absolute Gasteiger partial charge is 0.339 e. The van der Waals surface area contributed by atoms with Crippen LogP contribution in [-0.4, -0.2) is 37.1 Å². The molecule has 3 rings (SSSR count). The summed E-state index contributed by atoms with van der Waals surface area (Å²) in [6.45, 7) is 2.80. The number of aryl methyl sites for hydroxylation is 1. The molecule has 0 saturated carbocycles. The molecule has 2 aromatic rings. The minimum atomic E-state index is -0.537. The molecule has 1 aromatic heterocycles. The maximum absolute atomic E-state index is 13.7. The number of nitrogens with zero attached hydrogens (tertiary/aromatic N) is 1. The molecule has 0 atom stereocenters. The normalized spacial score (nSPS) is 15.5. The number of carbonyl (C=O) groups is 1. The Labute approximate surface area is 120 Å². The van der Waals surface area contributed by atoms with Crippen LogP contribution in [0.25, 0.3) is 10.9 Å². The second-order valence-electron chi connectivity index (χ2n) is 4.81. The van der Waals surface area contributed by atoms with Gasteiger partial charge in [-0.05, 0) is 30.7 Å². The SMILES string of the molecule is Cc1cc(F)c2ncc(C(=O)OCC3OCCO3)cc2c1. The van der Waals surface area contributed by atoms with Gasteiger partial charge in [0.25, 0.3) is 0 Å². The van der Waals surface area contributed by atoms with Gasteiger partial charge in [-0.1, -0.05) is 0 Å². The van der Waals surface area contributed by atoms with E-state index >= 15 is 0 Å². The Morgan fingerprint density at radius 1 is 1.38 bits per heavy atom. The highest BCUT2D eigenvalue weighted by Crippen LogP contribution is 2.19. The lowest BCUT2D eigenvalue weighted by Gasteiger charge is -2.10. The van der Waals surface area contributed by atoms with E-state index in [1.54, 1.807) is 19.1 Å². The number of fused-ring (bicyclic) bond motifs is 1. The molecule has 5 nitrogen and oxygen atoms in total. The van der Waals surface area contributed by atoms with Crippen molar-refractivity contribution < 1.29 is 23.4 Å². The molecule has 1 saturated heterocycles. The Balaban J connectivity index is 1.78. The van der Waals surface area contributed by atoms with E-state index in [4.69, 9.17) is 14.2 Å². The molecule has 1 aromatic carbocycles. The van der Waals surface area contributed by atoms with Crippen molar-refractivity contribution in [1.29, 1.82) is 0 Å². The van der Waals surface area contributed by atoms with Crippen LogP contribution in [0.4, 0.5) is 4.39 Å². The van der Waals surface area contributed by atoms with Crippen LogP contribution < -0.4 is 0 Å². The van der Waals surface area contributed by atoms with E-state index in [0.29, 0.717) is 18.6 Å². The largest absolute Gasteiger partial charge is 0.457 e. The fourth-order valence-corrected chi connectivity index (χ4v) is 2.19. The van der Waals surface area contributed by atoms with Crippen LogP contribution in [0.2, 0.25) is 0 Å². The number of hydrogen-bond donors (Lipinski definition) is 0. The molecular weight excluding hydrogens is 277 g/mol. The Hall–Kier alpha value is -2.05. The molecule has 6 heteroatoms. The van der Waals surface area contributed by atoms with Gasteiger partial charge in [0, 0.05) is 11.6 Å². The molecule has 0 aliphatic carbocycles. The highest BCUT2D eigenvalue weighted by Gasteiger charge is 2.19. The van der Waals surface area contributed by atoms with Gasteiger partial charge in [0.05, 0.1) is 18.8 Å². The Bertz CT molecular complexity index is 683. The summed E-state index contributed by atoms with van der Waals surface area (Å²) in [5.41, 5.74) is 1.27. The summed E-state index contributed by atoms with van der Waals surface area (Å²) in [6, 6.07) is 4.74. The summed E-state index contributed by atoms with van der Waals surface area (Å²) < 4.78 is 29.2. The number of ether oxygens (including phenoxy) is 3. The molecule has 0 radical (unpaired) electrons. The lowest BCUT2D eigenvalue weighted by atomic mass is 10.1. The van der Waals surface area contributed by atoms with Crippen LogP contribution in [0, 0.1) is 12.7 Å². The van der Waals surface area contributed by atoms with Crippen LogP contribution in [-0.2, 0) is 14.2 Å². The van der Waals surface area contributed by atoms with E-state index in [0.717, 1.165) is 5.56 Å². The highest BCUT2D eigenvalue weighted by atomic mass is 19.1. The average molecular weight is 291 g/mol. The first kappa shape index (κ1) is 13.9. The van der Waals surface area contributed by atoms with Crippen molar-refractivity contribution >= 4 is 16.9 Å². The third kappa shape index (κ3) is 3.01. The van der Waals surface area contributed by atoms with Gasteiger partial charge in [-0.3, -0.25) is 4.98 Å². The van der Waals surface area contributed by atoms with Gasteiger partial charge in [0.2, 0.25) is 0 Å². The summed E-state index contributed by atoms with van der Waals surface area (Å²) in [5, 5.41) is 0.565. The number of carbonyl (C=O) groups excluding carboxylic acids is 1. The predicted octanol–water partition coefficient (Wildman–Crippen LogP) is 2.21. The summed E-state index contributed by atoms with van der Waals surface area (Å²) in [7, 11) is 0. The zero-order valence-electron chi connectivity index (χ0n) is 11.5. The molecule has 0 bridgehead atoms. The first-order chi connectivity index (χ1) is 10.1.